The number of methoxy groups -OCH3 is 1. The summed E-state index contributed by atoms with van der Waals surface area (Å²) < 4.78 is 20.6. The summed E-state index contributed by atoms with van der Waals surface area (Å²) in [7, 11) is 1.45. The maximum atomic E-state index is 14.1. The number of aromatic nitrogens is 3. The molecule has 112 valence electrons. The molecule has 2 aromatic heterocycles. The maximum absolute atomic E-state index is 14.1. The van der Waals surface area contributed by atoms with Crippen LogP contribution in [0.4, 0.5) is 9.18 Å². The highest BCUT2D eigenvalue weighted by molar-refractivity contribution is 14.1. The largest absolute Gasteiger partial charge is 0.496 e. The average Bonchev–Trinajstić information content (AvgIpc) is 2.84. The fraction of sp³-hybridized carbons (Fsp3) is 0.0714. The monoisotopic (exact) mass is 413 g/mol. The summed E-state index contributed by atoms with van der Waals surface area (Å²) in [5, 5.41) is 13.6. The molecule has 8 heteroatoms. The fourth-order valence-electron chi connectivity index (χ4n) is 2.18. The van der Waals surface area contributed by atoms with E-state index in [-0.39, 0.29) is 5.56 Å². The van der Waals surface area contributed by atoms with Crippen LogP contribution in [0.2, 0.25) is 0 Å². The number of hydrogen-bond donors (Lipinski definition) is 1. The van der Waals surface area contributed by atoms with Gasteiger partial charge in [0, 0.05) is 5.39 Å². The number of hydrogen-bond acceptors (Lipinski definition) is 4. The lowest BCUT2D eigenvalue weighted by atomic mass is 10.1. The second-order valence-electron chi connectivity index (χ2n) is 4.39. The molecule has 2 heterocycles. The zero-order valence-corrected chi connectivity index (χ0v) is 13.4. The molecule has 1 aromatic carbocycles. The zero-order valence-electron chi connectivity index (χ0n) is 11.2. The van der Waals surface area contributed by atoms with Crippen molar-refractivity contribution in [3.8, 4) is 17.0 Å². The molecule has 0 aliphatic rings. The van der Waals surface area contributed by atoms with Crippen molar-refractivity contribution in [1.82, 2.24) is 14.8 Å². The first-order valence-electron chi connectivity index (χ1n) is 6.13. The van der Waals surface area contributed by atoms with Crippen molar-refractivity contribution in [2.45, 2.75) is 0 Å². The third-order valence-electron chi connectivity index (χ3n) is 3.15. The number of fused-ring (bicyclic) bond motifs is 1. The van der Waals surface area contributed by atoms with Crippen LogP contribution in [0.25, 0.3) is 22.2 Å². The van der Waals surface area contributed by atoms with E-state index in [1.807, 2.05) is 22.6 Å². The molecule has 0 amide bonds. The second kappa shape index (κ2) is 5.52. The average molecular weight is 413 g/mol. The van der Waals surface area contributed by atoms with Gasteiger partial charge in [-0.1, -0.05) is 6.07 Å². The number of benzene rings is 1. The van der Waals surface area contributed by atoms with Crippen molar-refractivity contribution >= 4 is 39.6 Å². The van der Waals surface area contributed by atoms with E-state index >= 15 is 0 Å². The second-order valence-corrected chi connectivity index (χ2v) is 5.41. The minimum atomic E-state index is -1.20. The van der Waals surface area contributed by atoms with Gasteiger partial charge in [0.05, 0.1) is 24.6 Å². The molecule has 0 unspecified atom stereocenters. The first kappa shape index (κ1) is 14.7. The first-order valence-corrected chi connectivity index (χ1v) is 7.21. The molecule has 0 radical (unpaired) electrons. The van der Waals surface area contributed by atoms with Crippen molar-refractivity contribution in [3.05, 3.63) is 40.0 Å². The highest BCUT2D eigenvalue weighted by atomic mass is 127. The molecule has 1 N–H and O–H groups in total. The highest BCUT2D eigenvalue weighted by Crippen LogP contribution is 2.33. The number of carboxylic acid groups (broad SMARTS) is 1. The predicted octanol–water partition coefficient (Wildman–Crippen LogP) is 3.38. The maximum Gasteiger partial charge on any atom is 0.432 e. The van der Waals surface area contributed by atoms with Gasteiger partial charge in [-0.25, -0.2) is 9.18 Å². The van der Waals surface area contributed by atoms with Gasteiger partial charge in [-0.3, -0.25) is 4.98 Å². The number of carbonyl (C=O) groups is 1. The van der Waals surface area contributed by atoms with Gasteiger partial charge in [-0.05, 0) is 40.8 Å². The van der Waals surface area contributed by atoms with E-state index in [4.69, 9.17) is 9.84 Å². The Morgan fingerprint density at radius 1 is 1.45 bits per heavy atom. The van der Waals surface area contributed by atoms with E-state index in [9.17, 15) is 9.18 Å². The lowest BCUT2D eigenvalue weighted by Crippen LogP contribution is -2.09. The molecular formula is C14H9FIN3O3. The minimum Gasteiger partial charge on any atom is -0.496 e. The number of halogens is 2. The van der Waals surface area contributed by atoms with Crippen molar-refractivity contribution in [3.63, 3.8) is 0 Å². The van der Waals surface area contributed by atoms with Gasteiger partial charge in [0.2, 0.25) is 0 Å². The Kier molecular flexibility index (Phi) is 3.69. The standard InChI is InChI=1S/C14H9FIN3O3/c1-22-11-4-2-3-8(15)12(11)9-5-7-10(6-17-9)19(14(20)21)18-13(7)16/h2-6H,1H3,(H,20,21). The van der Waals surface area contributed by atoms with Crippen molar-refractivity contribution in [1.29, 1.82) is 0 Å². The van der Waals surface area contributed by atoms with Crippen LogP contribution in [0, 0.1) is 9.52 Å². The van der Waals surface area contributed by atoms with E-state index in [1.165, 1.54) is 19.4 Å². The highest BCUT2D eigenvalue weighted by Gasteiger charge is 2.18. The van der Waals surface area contributed by atoms with Crippen LogP contribution < -0.4 is 4.74 Å². The molecule has 3 rings (SSSR count). The van der Waals surface area contributed by atoms with Gasteiger partial charge >= 0.3 is 6.09 Å². The van der Waals surface area contributed by atoms with Crippen molar-refractivity contribution < 1.29 is 19.0 Å². The first-order chi connectivity index (χ1) is 10.5. The summed E-state index contributed by atoms with van der Waals surface area (Å²) in [4.78, 5) is 15.3. The quantitative estimate of drug-likeness (QED) is 0.652. The van der Waals surface area contributed by atoms with Gasteiger partial charge < -0.3 is 9.84 Å². The molecule has 22 heavy (non-hydrogen) atoms. The van der Waals surface area contributed by atoms with E-state index in [2.05, 4.69) is 10.1 Å². The van der Waals surface area contributed by atoms with Crippen LogP contribution in [0.15, 0.2) is 30.5 Å². The number of nitrogens with zero attached hydrogens (tertiary/aromatic N) is 3. The molecule has 0 atom stereocenters. The molecular weight excluding hydrogens is 404 g/mol. The minimum absolute atomic E-state index is 0.228. The summed E-state index contributed by atoms with van der Waals surface area (Å²) in [6.45, 7) is 0. The lowest BCUT2D eigenvalue weighted by Gasteiger charge is -2.09. The smallest absolute Gasteiger partial charge is 0.432 e. The number of pyridine rings is 1. The van der Waals surface area contributed by atoms with E-state index in [0.29, 0.717) is 26.0 Å². The van der Waals surface area contributed by atoms with Crippen LogP contribution in [0.3, 0.4) is 0 Å². The SMILES string of the molecule is COc1cccc(F)c1-c1cc2c(I)nn(C(=O)O)c2cn1. The molecule has 0 saturated carbocycles. The number of ether oxygens (including phenoxy) is 1. The van der Waals surface area contributed by atoms with E-state index in [0.717, 1.165) is 4.68 Å². The third kappa shape index (κ3) is 2.28. The van der Waals surface area contributed by atoms with Gasteiger partial charge in [-0.2, -0.15) is 9.78 Å². The van der Waals surface area contributed by atoms with Gasteiger partial charge in [-0.15, -0.1) is 0 Å². The Morgan fingerprint density at radius 3 is 2.91 bits per heavy atom. The Morgan fingerprint density at radius 2 is 2.23 bits per heavy atom. The predicted molar refractivity (Wildman–Crippen MR) is 85.6 cm³/mol. The van der Waals surface area contributed by atoms with Gasteiger partial charge in [0.1, 0.15) is 20.8 Å². The van der Waals surface area contributed by atoms with E-state index < -0.39 is 11.9 Å². The summed E-state index contributed by atoms with van der Waals surface area (Å²) in [5.41, 5.74) is 0.923. The summed E-state index contributed by atoms with van der Waals surface area (Å²) >= 11 is 1.93. The Balaban J connectivity index is 2.27. The Labute approximate surface area is 137 Å². The summed E-state index contributed by atoms with van der Waals surface area (Å²) in [6.07, 6.45) is 0.158. The molecule has 0 aliphatic heterocycles. The van der Waals surface area contributed by atoms with E-state index in [1.54, 1.807) is 18.2 Å². The van der Waals surface area contributed by atoms with Gasteiger partial charge in [0.25, 0.3) is 0 Å². The lowest BCUT2D eigenvalue weighted by molar-refractivity contribution is 0.194. The fourth-order valence-corrected chi connectivity index (χ4v) is 2.83. The molecule has 6 nitrogen and oxygen atoms in total. The van der Waals surface area contributed by atoms with Crippen molar-refractivity contribution in [2.75, 3.05) is 7.11 Å². The zero-order chi connectivity index (χ0) is 15.9. The molecule has 0 spiro atoms. The Bertz CT molecular complexity index is 894. The van der Waals surface area contributed by atoms with Crippen LogP contribution in [0.1, 0.15) is 0 Å². The third-order valence-corrected chi connectivity index (χ3v) is 3.95. The Hall–Kier alpha value is -2.23. The van der Waals surface area contributed by atoms with Crippen LogP contribution in [-0.2, 0) is 0 Å². The van der Waals surface area contributed by atoms with Crippen LogP contribution in [-0.4, -0.2) is 33.1 Å². The van der Waals surface area contributed by atoms with Crippen LogP contribution >= 0.6 is 22.6 Å². The van der Waals surface area contributed by atoms with Gasteiger partial charge in [0.15, 0.2) is 0 Å². The van der Waals surface area contributed by atoms with Crippen LogP contribution in [0.5, 0.6) is 5.75 Å². The molecule has 0 aliphatic carbocycles. The normalized spacial score (nSPS) is 10.9. The molecule has 0 fully saturated rings. The summed E-state index contributed by atoms with van der Waals surface area (Å²) in [5.74, 6) is -0.112. The molecule has 0 saturated heterocycles. The molecule has 3 aromatic rings. The molecule has 0 bridgehead atoms. The van der Waals surface area contributed by atoms with Crippen molar-refractivity contribution in [2.24, 2.45) is 0 Å². The summed E-state index contributed by atoms with van der Waals surface area (Å²) in [6, 6.07) is 6.10. The number of rotatable bonds is 2. The topological polar surface area (TPSA) is 77.2 Å².